The summed E-state index contributed by atoms with van der Waals surface area (Å²) in [6.45, 7) is 8.85. The van der Waals surface area contributed by atoms with Gasteiger partial charge in [-0.25, -0.2) is 15.0 Å². The summed E-state index contributed by atoms with van der Waals surface area (Å²) in [7, 11) is 0. The molecule has 1 N–H and O–H groups in total. The first-order valence-corrected chi connectivity index (χ1v) is 7.65. The molecule has 2 aromatic rings. The second-order valence-corrected chi connectivity index (χ2v) is 5.66. The van der Waals surface area contributed by atoms with E-state index < -0.39 is 0 Å². The Morgan fingerprint density at radius 2 is 2.00 bits per heavy atom. The largest absolute Gasteiger partial charge is 0.475 e. The van der Waals surface area contributed by atoms with Gasteiger partial charge in [-0.05, 0) is 13.8 Å². The minimum absolute atomic E-state index is 0.0645. The summed E-state index contributed by atoms with van der Waals surface area (Å²) in [6.07, 6.45) is 3.28. The lowest BCUT2D eigenvalue weighted by Gasteiger charge is -2.14. The molecule has 0 fully saturated rings. The molecule has 5 nitrogen and oxygen atoms in total. The highest BCUT2D eigenvalue weighted by molar-refractivity contribution is 7.09. The molecule has 0 spiro atoms. The molecule has 0 saturated heterocycles. The third-order valence-electron chi connectivity index (χ3n) is 2.78. The van der Waals surface area contributed by atoms with E-state index in [0.717, 1.165) is 10.7 Å². The predicted octanol–water partition coefficient (Wildman–Crippen LogP) is 3.63. The Morgan fingerprint density at radius 1 is 1.25 bits per heavy atom. The van der Waals surface area contributed by atoms with Crippen LogP contribution in [0.25, 0.3) is 0 Å². The van der Waals surface area contributed by atoms with E-state index >= 15 is 0 Å². The summed E-state index contributed by atoms with van der Waals surface area (Å²) in [5, 5.41) is 6.55. The minimum atomic E-state index is 0.0645. The normalized spacial score (nSPS) is 12.4. The van der Waals surface area contributed by atoms with E-state index in [9.17, 15) is 0 Å². The summed E-state index contributed by atoms with van der Waals surface area (Å²) >= 11 is 1.69. The van der Waals surface area contributed by atoms with Gasteiger partial charge in [-0.15, -0.1) is 11.3 Å². The fourth-order valence-electron chi connectivity index (χ4n) is 1.71. The summed E-state index contributed by atoms with van der Waals surface area (Å²) < 4.78 is 5.46. The lowest BCUT2D eigenvalue weighted by Crippen LogP contribution is -2.11. The van der Waals surface area contributed by atoms with Gasteiger partial charge in [0.05, 0.1) is 23.4 Å². The molecule has 0 bridgehead atoms. The lowest BCUT2D eigenvalue weighted by molar-refractivity contribution is 0.327. The van der Waals surface area contributed by atoms with Crippen molar-refractivity contribution in [1.29, 1.82) is 0 Å². The number of aromatic nitrogens is 3. The van der Waals surface area contributed by atoms with Crippen LogP contribution >= 0.6 is 11.3 Å². The van der Waals surface area contributed by atoms with Crippen LogP contribution in [0.1, 0.15) is 50.4 Å². The van der Waals surface area contributed by atoms with Gasteiger partial charge in [-0.3, -0.25) is 0 Å². The van der Waals surface area contributed by atoms with Crippen LogP contribution in [-0.4, -0.2) is 21.6 Å². The standard InChI is InChI=1S/C14H20N4OS/c1-5-19-13-12(15-6-7-16-13)17-10(4)11-8-20-14(18-11)9(2)3/h6-10H,5H2,1-4H3,(H,15,17). The van der Waals surface area contributed by atoms with E-state index in [-0.39, 0.29) is 6.04 Å². The third kappa shape index (κ3) is 3.45. The monoisotopic (exact) mass is 292 g/mol. The Morgan fingerprint density at radius 3 is 2.65 bits per heavy atom. The van der Waals surface area contributed by atoms with Crippen molar-refractivity contribution >= 4 is 17.2 Å². The van der Waals surface area contributed by atoms with Crippen molar-refractivity contribution in [3.63, 3.8) is 0 Å². The Hall–Kier alpha value is -1.69. The van der Waals surface area contributed by atoms with Gasteiger partial charge in [0.25, 0.3) is 5.88 Å². The zero-order chi connectivity index (χ0) is 14.5. The minimum Gasteiger partial charge on any atom is -0.475 e. The van der Waals surface area contributed by atoms with E-state index in [1.807, 2.05) is 6.92 Å². The Labute approximate surface area is 123 Å². The summed E-state index contributed by atoms with van der Waals surface area (Å²) in [6, 6.07) is 0.0645. The molecular weight excluding hydrogens is 272 g/mol. The van der Waals surface area contributed by atoms with Crippen molar-refractivity contribution in [1.82, 2.24) is 15.0 Å². The molecule has 1 atom stereocenters. The van der Waals surface area contributed by atoms with Crippen molar-refractivity contribution in [2.24, 2.45) is 0 Å². The molecule has 0 aliphatic rings. The summed E-state index contributed by atoms with van der Waals surface area (Å²) in [4.78, 5) is 13.1. The molecule has 6 heteroatoms. The predicted molar refractivity (Wildman–Crippen MR) is 81.4 cm³/mol. The first-order valence-electron chi connectivity index (χ1n) is 6.77. The van der Waals surface area contributed by atoms with Gasteiger partial charge < -0.3 is 10.1 Å². The molecule has 20 heavy (non-hydrogen) atoms. The van der Waals surface area contributed by atoms with Gasteiger partial charge >= 0.3 is 0 Å². The second-order valence-electron chi connectivity index (χ2n) is 4.77. The van der Waals surface area contributed by atoms with Crippen molar-refractivity contribution in [2.45, 2.75) is 39.7 Å². The van der Waals surface area contributed by atoms with Crippen LogP contribution in [0.5, 0.6) is 5.88 Å². The number of nitrogens with zero attached hydrogens (tertiary/aromatic N) is 3. The van der Waals surface area contributed by atoms with Gasteiger partial charge in [0, 0.05) is 23.7 Å². The van der Waals surface area contributed by atoms with Crippen LogP contribution in [0.15, 0.2) is 17.8 Å². The second kappa shape index (κ2) is 6.65. The van der Waals surface area contributed by atoms with E-state index in [4.69, 9.17) is 4.74 Å². The van der Waals surface area contributed by atoms with Gasteiger partial charge in [0.2, 0.25) is 0 Å². The van der Waals surface area contributed by atoms with Crippen LogP contribution in [-0.2, 0) is 0 Å². The number of hydrogen-bond acceptors (Lipinski definition) is 6. The van der Waals surface area contributed by atoms with Crippen molar-refractivity contribution in [2.75, 3.05) is 11.9 Å². The van der Waals surface area contributed by atoms with Crippen molar-refractivity contribution in [3.8, 4) is 5.88 Å². The summed E-state index contributed by atoms with van der Waals surface area (Å²) in [5.41, 5.74) is 1.02. The number of nitrogens with one attached hydrogen (secondary N) is 1. The van der Waals surface area contributed by atoms with Gasteiger partial charge in [-0.2, -0.15) is 0 Å². The molecule has 0 amide bonds. The fourth-order valence-corrected chi connectivity index (χ4v) is 2.64. The number of ether oxygens (including phenoxy) is 1. The Balaban J connectivity index is 2.12. The number of rotatable bonds is 6. The van der Waals surface area contributed by atoms with Gasteiger partial charge in [0.15, 0.2) is 5.82 Å². The van der Waals surface area contributed by atoms with Gasteiger partial charge in [-0.1, -0.05) is 13.8 Å². The van der Waals surface area contributed by atoms with Crippen LogP contribution in [0, 0.1) is 0 Å². The van der Waals surface area contributed by atoms with E-state index in [1.165, 1.54) is 0 Å². The van der Waals surface area contributed by atoms with E-state index in [2.05, 4.69) is 46.4 Å². The lowest BCUT2D eigenvalue weighted by atomic mass is 10.2. The van der Waals surface area contributed by atoms with Crippen LogP contribution < -0.4 is 10.1 Å². The maximum absolute atomic E-state index is 5.46. The molecule has 1 unspecified atom stereocenters. The molecule has 0 saturated carbocycles. The highest BCUT2D eigenvalue weighted by Crippen LogP contribution is 2.26. The van der Waals surface area contributed by atoms with Crippen LogP contribution in [0.2, 0.25) is 0 Å². The first-order chi connectivity index (χ1) is 9.61. The van der Waals surface area contributed by atoms with E-state index in [0.29, 0.717) is 24.2 Å². The third-order valence-corrected chi connectivity index (χ3v) is 3.94. The maximum Gasteiger partial charge on any atom is 0.257 e. The molecule has 0 aliphatic carbocycles. The van der Waals surface area contributed by atoms with Crippen LogP contribution in [0.3, 0.4) is 0 Å². The average molecular weight is 292 g/mol. The molecule has 0 aliphatic heterocycles. The Kier molecular flexibility index (Phi) is 4.89. The quantitative estimate of drug-likeness (QED) is 0.881. The molecule has 2 rings (SSSR count). The molecular formula is C14H20N4OS. The van der Waals surface area contributed by atoms with Crippen molar-refractivity contribution in [3.05, 3.63) is 28.5 Å². The van der Waals surface area contributed by atoms with E-state index in [1.54, 1.807) is 23.7 Å². The highest BCUT2D eigenvalue weighted by atomic mass is 32.1. The molecule has 0 aromatic carbocycles. The molecule has 2 aromatic heterocycles. The van der Waals surface area contributed by atoms with Crippen LogP contribution in [0.4, 0.5) is 5.82 Å². The first kappa shape index (κ1) is 14.7. The number of hydrogen-bond donors (Lipinski definition) is 1. The zero-order valence-electron chi connectivity index (χ0n) is 12.3. The zero-order valence-corrected chi connectivity index (χ0v) is 13.1. The SMILES string of the molecule is CCOc1nccnc1NC(C)c1csc(C(C)C)n1. The number of thiazole rings is 1. The highest BCUT2D eigenvalue weighted by Gasteiger charge is 2.14. The summed E-state index contributed by atoms with van der Waals surface area (Å²) in [5.74, 6) is 1.64. The topological polar surface area (TPSA) is 59.9 Å². The Bertz CT molecular complexity index is 556. The molecule has 0 radical (unpaired) electrons. The van der Waals surface area contributed by atoms with Crippen molar-refractivity contribution < 1.29 is 4.74 Å². The smallest absolute Gasteiger partial charge is 0.257 e. The molecule has 2 heterocycles. The maximum atomic E-state index is 5.46. The van der Waals surface area contributed by atoms with Gasteiger partial charge in [0.1, 0.15) is 0 Å². The fraction of sp³-hybridized carbons (Fsp3) is 0.500. The molecule has 108 valence electrons. The number of anilines is 1. The average Bonchev–Trinajstić information content (AvgIpc) is 2.91.